The summed E-state index contributed by atoms with van der Waals surface area (Å²) in [4.78, 5) is 11.1. The molecule has 0 saturated carbocycles. The highest BCUT2D eigenvalue weighted by Crippen LogP contribution is 2.47. The second-order valence-electron chi connectivity index (χ2n) is 18.9. The molecule has 0 saturated heterocycles. The van der Waals surface area contributed by atoms with Crippen LogP contribution in [0.25, 0.3) is 22.3 Å². The van der Waals surface area contributed by atoms with Gasteiger partial charge in [-0.15, -0.1) is 0 Å². The Balaban J connectivity index is 1.82. The van der Waals surface area contributed by atoms with Crippen LogP contribution in [0.5, 0.6) is 0 Å². The summed E-state index contributed by atoms with van der Waals surface area (Å²) in [5.74, 6) is 0. The van der Waals surface area contributed by atoms with Crippen molar-refractivity contribution in [3.63, 3.8) is 0 Å². The lowest BCUT2D eigenvalue weighted by atomic mass is 9.78. The molecule has 2 aliphatic heterocycles. The smallest absolute Gasteiger partial charge is 0.0816 e. The number of hydrogen-bond donors (Lipinski definition) is 0. The van der Waals surface area contributed by atoms with Crippen LogP contribution in [0, 0.1) is 10.4 Å². The molecule has 4 aromatic carbocycles. The fourth-order valence-corrected chi connectivity index (χ4v) is 6.87. The molecule has 6 rings (SSSR count). The summed E-state index contributed by atoms with van der Waals surface area (Å²) in [6, 6.07) is 21.2. The van der Waals surface area contributed by atoms with Crippen molar-refractivity contribution in [1.29, 1.82) is 0 Å². The van der Waals surface area contributed by atoms with Gasteiger partial charge in [0.15, 0.2) is 0 Å². The Kier molecular flexibility index (Phi) is 7.04. The van der Waals surface area contributed by atoms with E-state index in [1.165, 1.54) is 54.9 Å². The summed E-state index contributed by atoms with van der Waals surface area (Å²) in [7, 11) is 0. The van der Waals surface area contributed by atoms with E-state index in [1.54, 1.807) is 0 Å². The lowest BCUT2D eigenvalue weighted by Gasteiger charge is -2.27. The molecule has 46 heavy (non-hydrogen) atoms. The van der Waals surface area contributed by atoms with Gasteiger partial charge in [-0.1, -0.05) is 140 Å². The third-order valence-electron chi connectivity index (χ3n) is 9.91. The summed E-state index contributed by atoms with van der Waals surface area (Å²) < 4.78 is 0. The van der Waals surface area contributed by atoms with Crippen molar-refractivity contribution in [2.45, 2.75) is 131 Å². The van der Waals surface area contributed by atoms with Crippen LogP contribution in [0.2, 0.25) is 0 Å². The molecule has 0 atom stereocenters. The number of hydrogen-bond acceptors (Lipinski definition) is 2. The Morgan fingerprint density at radius 2 is 0.891 bits per heavy atom. The number of rotatable bonds is 1. The molecule has 0 N–H and O–H groups in total. The molecule has 0 radical (unpaired) electrons. The Labute approximate surface area is 277 Å². The first-order valence-corrected chi connectivity index (χ1v) is 17.1. The zero-order valence-corrected chi connectivity index (χ0v) is 31.1. The first kappa shape index (κ1) is 32.4. The zero-order chi connectivity index (χ0) is 33.9. The summed E-state index contributed by atoms with van der Waals surface area (Å²) in [5.41, 5.74) is 13.6. The molecule has 0 aliphatic carbocycles. The van der Waals surface area contributed by atoms with E-state index in [4.69, 9.17) is 9.98 Å². The average Bonchev–Trinajstić information content (AvgIpc) is 3.46. The summed E-state index contributed by atoms with van der Waals surface area (Å²) in [5, 5.41) is 4.64. The van der Waals surface area contributed by atoms with Gasteiger partial charge in [-0.3, -0.25) is 0 Å². The molecule has 4 aromatic rings. The van der Waals surface area contributed by atoms with E-state index in [0.717, 1.165) is 27.7 Å². The van der Waals surface area contributed by atoms with Gasteiger partial charge in [-0.2, -0.15) is 0 Å². The van der Waals surface area contributed by atoms with Crippen LogP contribution >= 0.6 is 0 Å². The fraction of sp³-hybridized carbons (Fsp3) is 0.455. The molecule has 2 heterocycles. The minimum atomic E-state index is -0.0473. The SMILES string of the molecule is CC(C)(C)c1ccc(-c2c3c(cc4c2=Nc2c-4cc(C(C)(C)C)cc2C(C)(C)C)=c2cc(C(C)(C)C)cc(C(C)(C)C)c2=N3)cc1. The van der Waals surface area contributed by atoms with Crippen molar-refractivity contribution < 1.29 is 0 Å². The highest BCUT2D eigenvalue weighted by atomic mass is 14.8. The number of nitrogens with zero attached hydrogens (tertiary/aromatic N) is 2. The van der Waals surface area contributed by atoms with Crippen LogP contribution in [0.4, 0.5) is 11.4 Å². The van der Waals surface area contributed by atoms with E-state index < -0.39 is 0 Å². The van der Waals surface area contributed by atoms with Crippen LogP contribution in [0.3, 0.4) is 0 Å². The maximum Gasteiger partial charge on any atom is 0.0816 e. The molecule has 0 amide bonds. The van der Waals surface area contributed by atoms with Gasteiger partial charge < -0.3 is 0 Å². The third kappa shape index (κ3) is 5.36. The molecule has 2 heteroatoms. The summed E-state index contributed by atoms with van der Waals surface area (Å²) in [6.45, 7) is 34.6. The highest BCUT2D eigenvalue weighted by Gasteiger charge is 2.32. The quantitative estimate of drug-likeness (QED) is 0.177. The van der Waals surface area contributed by atoms with E-state index in [1.807, 2.05) is 0 Å². The average molecular weight is 611 g/mol. The maximum atomic E-state index is 5.56. The van der Waals surface area contributed by atoms with Crippen molar-refractivity contribution in [2.75, 3.05) is 0 Å². The molecule has 0 fully saturated rings. The summed E-state index contributed by atoms with van der Waals surface area (Å²) in [6.07, 6.45) is 0. The van der Waals surface area contributed by atoms with E-state index in [0.29, 0.717) is 0 Å². The van der Waals surface area contributed by atoms with Crippen LogP contribution in [0.1, 0.15) is 132 Å². The second kappa shape index (κ2) is 9.99. The van der Waals surface area contributed by atoms with Crippen molar-refractivity contribution in [1.82, 2.24) is 0 Å². The van der Waals surface area contributed by atoms with E-state index >= 15 is 0 Å². The molecular formula is C44H54N2. The molecule has 0 spiro atoms. The normalized spacial score (nSPS) is 14.3. The van der Waals surface area contributed by atoms with Gasteiger partial charge >= 0.3 is 0 Å². The van der Waals surface area contributed by atoms with Crippen LogP contribution in [-0.2, 0) is 27.1 Å². The number of fused-ring (bicyclic) bond motifs is 5. The molecule has 0 aromatic heterocycles. The van der Waals surface area contributed by atoms with Crippen molar-refractivity contribution in [3.8, 4) is 22.3 Å². The Morgan fingerprint density at radius 1 is 0.391 bits per heavy atom. The van der Waals surface area contributed by atoms with Gasteiger partial charge in [0.2, 0.25) is 0 Å². The Bertz CT molecular complexity index is 2130. The molecule has 2 nitrogen and oxygen atoms in total. The van der Waals surface area contributed by atoms with Crippen LogP contribution < -0.4 is 10.7 Å². The lowest BCUT2D eigenvalue weighted by molar-refractivity contribution is 0.563. The molecule has 0 unspecified atom stereocenters. The second-order valence-corrected chi connectivity index (χ2v) is 18.9. The van der Waals surface area contributed by atoms with Crippen molar-refractivity contribution in [2.24, 2.45) is 9.98 Å². The zero-order valence-electron chi connectivity index (χ0n) is 31.1. The minimum Gasteiger partial charge on any atom is -0.247 e. The van der Waals surface area contributed by atoms with Gasteiger partial charge in [0.05, 0.1) is 22.1 Å². The predicted molar refractivity (Wildman–Crippen MR) is 197 cm³/mol. The third-order valence-corrected chi connectivity index (χ3v) is 9.91. The number of benzene rings is 4. The van der Waals surface area contributed by atoms with Crippen molar-refractivity contribution >= 4 is 11.4 Å². The van der Waals surface area contributed by atoms with Gasteiger partial charge in [0.1, 0.15) is 0 Å². The molecule has 2 aliphatic rings. The topological polar surface area (TPSA) is 24.7 Å². The Hall–Kier alpha value is -3.52. The van der Waals surface area contributed by atoms with Gasteiger partial charge in [-0.25, -0.2) is 9.98 Å². The minimum absolute atomic E-state index is 0.0191. The fourth-order valence-electron chi connectivity index (χ4n) is 6.87. The highest BCUT2D eigenvalue weighted by molar-refractivity contribution is 5.90. The summed E-state index contributed by atoms with van der Waals surface area (Å²) >= 11 is 0. The Morgan fingerprint density at radius 3 is 1.41 bits per heavy atom. The standard InChI is InChI=1S/C44H54N2/c1-40(2,3)26-18-16-25(17-19-26)35-38-31(29-20-27(41(4,5)6)22-33(36(29)45-38)43(10,11)12)24-32-30-21-28(42(7,8)9)23-34(44(13,14)15)37(30)46-39(32)35/h16-24H,1-15H3. The van der Waals surface area contributed by atoms with Crippen LogP contribution in [-0.4, -0.2) is 0 Å². The molecule has 0 bridgehead atoms. The molecule has 240 valence electrons. The van der Waals surface area contributed by atoms with Crippen LogP contribution in [0.15, 0.2) is 64.6 Å². The predicted octanol–water partition coefficient (Wildman–Crippen LogP) is 11.3. The van der Waals surface area contributed by atoms with Crippen molar-refractivity contribution in [3.05, 3.63) is 104 Å². The maximum absolute atomic E-state index is 5.56. The van der Waals surface area contributed by atoms with E-state index in [2.05, 4.69) is 158 Å². The lowest BCUT2D eigenvalue weighted by Crippen LogP contribution is -2.25. The largest absolute Gasteiger partial charge is 0.247 e. The first-order chi connectivity index (χ1) is 21.0. The van der Waals surface area contributed by atoms with Gasteiger partial charge in [0.25, 0.3) is 0 Å². The van der Waals surface area contributed by atoms with Gasteiger partial charge in [-0.05, 0) is 78.7 Å². The van der Waals surface area contributed by atoms with E-state index in [-0.39, 0.29) is 27.1 Å². The monoisotopic (exact) mass is 610 g/mol. The molecular weight excluding hydrogens is 556 g/mol. The first-order valence-electron chi connectivity index (χ1n) is 17.1. The van der Waals surface area contributed by atoms with E-state index in [9.17, 15) is 0 Å². The van der Waals surface area contributed by atoms with Gasteiger partial charge in [0, 0.05) is 27.1 Å².